The van der Waals surface area contributed by atoms with E-state index in [-0.39, 0.29) is 12.0 Å². The summed E-state index contributed by atoms with van der Waals surface area (Å²) >= 11 is 0. The van der Waals surface area contributed by atoms with Crippen LogP contribution in [0.2, 0.25) is 0 Å². The molecule has 0 aromatic heterocycles. The van der Waals surface area contributed by atoms with E-state index in [0.717, 1.165) is 19.4 Å². The second kappa shape index (κ2) is 5.94. The standard InChI is InChI=1S/C9H17NO3/c1-2-12-6-7-13-9(11)8-4-3-5-10-8/h8,10H,2-7H2,1H3/t8-/m0/s1. The van der Waals surface area contributed by atoms with Crippen LogP contribution in [0, 0.1) is 0 Å². The van der Waals surface area contributed by atoms with Gasteiger partial charge in [0.25, 0.3) is 0 Å². The average Bonchev–Trinajstić information content (AvgIpc) is 2.65. The molecule has 0 unspecified atom stereocenters. The molecule has 0 radical (unpaired) electrons. The maximum absolute atomic E-state index is 11.3. The molecule has 0 bridgehead atoms. The molecule has 76 valence electrons. The van der Waals surface area contributed by atoms with E-state index in [1.807, 2.05) is 6.92 Å². The smallest absolute Gasteiger partial charge is 0.323 e. The van der Waals surface area contributed by atoms with Crippen molar-refractivity contribution in [2.24, 2.45) is 0 Å². The molecule has 13 heavy (non-hydrogen) atoms. The van der Waals surface area contributed by atoms with Gasteiger partial charge < -0.3 is 14.8 Å². The fourth-order valence-corrected chi connectivity index (χ4v) is 1.33. The van der Waals surface area contributed by atoms with Gasteiger partial charge in [-0.15, -0.1) is 0 Å². The number of hydrogen-bond acceptors (Lipinski definition) is 4. The first-order valence-electron chi connectivity index (χ1n) is 4.82. The van der Waals surface area contributed by atoms with Gasteiger partial charge in [-0.3, -0.25) is 4.79 Å². The SMILES string of the molecule is CCOCCOC(=O)[C@@H]1CCCN1. The van der Waals surface area contributed by atoms with E-state index >= 15 is 0 Å². The molecule has 0 aromatic rings. The van der Waals surface area contributed by atoms with Crippen LogP contribution in [0.25, 0.3) is 0 Å². The van der Waals surface area contributed by atoms with E-state index in [2.05, 4.69) is 5.32 Å². The summed E-state index contributed by atoms with van der Waals surface area (Å²) < 4.78 is 10.1. The third-order valence-electron chi connectivity index (χ3n) is 2.02. The van der Waals surface area contributed by atoms with Crippen LogP contribution in [0.15, 0.2) is 0 Å². The maximum atomic E-state index is 11.3. The van der Waals surface area contributed by atoms with Crippen molar-refractivity contribution in [3.05, 3.63) is 0 Å². The fraction of sp³-hybridized carbons (Fsp3) is 0.889. The third kappa shape index (κ3) is 3.74. The minimum absolute atomic E-state index is 0.0818. The van der Waals surface area contributed by atoms with Gasteiger partial charge in [-0.2, -0.15) is 0 Å². The Morgan fingerprint density at radius 3 is 3.00 bits per heavy atom. The molecule has 4 nitrogen and oxygen atoms in total. The first-order chi connectivity index (χ1) is 6.34. The molecule has 0 amide bonds. The first-order valence-corrected chi connectivity index (χ1v) is 4.82. The lowest BCUT2D eigenvalue weighted by atomic mass is 10.2. The second-order valence-electron chi connectivity index (χ2n) is 3.01. The minimum atomic E-state index is -0.141. The molecular weight excluding hydrogens is 170 g/mol. The highest BCUT2D eigenvalue weighted by Gasteiger charge is 2.22. The van der Waals surface area contributed by atoms with Crippen LogP contribution in [0.4, 0.5) is 0 Å². The lowest BCUT2D eigenvalue weighted by Crippen LogP contribution is -2.33. The summed E-state index contributed by atoms with van der Waals surface area (Å²) in [5, 5.41) is 3.08. The maximum Gasteiger partial charge on any atom is 0.323 e. The van der Waals surface area contributed by atoms with Gasteiger partial charge >= 0.3 is 5.97 Å². The van der Waals surface area contributed by atoms with Gasteiger partial charge in [0.05, 0.1) is 6.61 Å². The van der Waals surface area contributed by atoms with Crippen LogP contribution in [0.3, 0.4) is 0 Å². The van der Waals surface area contributed by atoms with Crippen LogP contribution in [-0.4, -0.2) is 38.4 Å². The van der Waals surface area contributed by atoms with Gasteiger partial charge in [0.1, 0.15) is 12.6 Å². The molecule has 1 saturated heterocycles. The van der Waals surface area contributed by atoms with Gasteiger partial charge in [0.15, 0.2) is 0 Å². The average molecular weight is 187 g/mol. The zero-order valence-electron chi connectivity index (χ0n) is 8.04. The van der Waals surface area contributed by atoms with Crippen molar-refractivity contribution < 1.29 is 14.3 Å². The van der Waals surface area contributed by atoms with E-state index in [9.17, 15) is 4.79 Å². The van der Waals surface area contributed by atoms with Gasteiger partial charge in [-0.25, -0.2) is 0 Å². The Labute approximate surface area is 78.6 Å². The second-order valence-corrected chi connectivity index (χ2v) is 3.01. The normalized spacial score (nSPS) is 21.8. The lowest BCUT2D eigenvalue weighted by molar-refractivity contribution is -0.147. The van der Waals surface area contributed by atoms with E-state index in [0.29, 0.717) is 19.8 Å². The lowest BCUT2D eigenvalue weighted by Gasteiger charge is -2.09. The molecule has 1 rings (SSSR count). The quantitative estimate of drug-likeness (QED) is 0.497. The third-order valence-corrected chi connectivity index (χ3v) is 2.02. The number of nitrogens with one attached hydrogen (secondary N) is 1. The number of carbonyl (C=O) groups is 1. The van der Waals surface area contributed by atoms with Crippen LogP contribution >= 0.6 is 0 Å². The Bertz CT molecular complexity index is 155. The van der Waals surface area contributed by atoms with Crippen LogP contribution in [-0.2, 0) is 14.3 Å². The fourth-order valence-electron chi connectivity index (χ4n) is 1.33. The summed E-state index contributed by atoms with van der Waals surface area (Å²) in [6.45, 7) is 4.37. The highest BCUT2D eigenvalue weighted by molar-refractivity contribution is 5.76. The Morgan fingerprint density at radius 2 is 2.38 bits per heavy atom. The summed E-state index contributed by atoms with van der Waals surface area (Å²) in [7, 11) is 0. The topological polar surface area (TPSA) is 47.6 Å². The summed E-state index contributed by atoms with van der Waals surface area (Å²) in [5.41, 5.74) is 0. The Balaban J connectivity index is 2.03. The van der Waals surface area contributed by atoms with Crippen molar-refractivity contribution in [2.45, 2.75) is 25.8 Å². The molecule has 1 fully saturated rings. The number of hydrogen-bond donors (Lipinski definition) is 1. The van der Waals surface area contributed by atoms with Crippen molar-refractivity contribution in [3.63, 3.8) is 0 Å². The monoisotopic (exact) mass is 187 g/mol. The summed E-state index contributed by atoms with van der Waals surface area (Å²) in [6.07, 6.45) is 1.96. The Hall–Kier alpha value is -0.610. The summed E-state index contributed by atoms with van der Waals surface area (Å²) in [5.74, 6) is -0.141. The molecule has 0 aliphatic carbocycles. The van der Waals surface area contributed by atoms with Gasteiger partial charge in [-0.1, -0.05) is 0 Å². The van der Waals surface area contributed by atoms with E-state index in [1.54, 1.807) is 0 Å². The summed E-state index contributed by atoms with van der Waals surface area (Å²) in [6, 6.07) is -0.0818. The molecule has 0 aromatic carbocycles. The Kier molecular flexibility index (Phi) is 4.78. The predicted molar refractivity (Wildman–Crippen MR) is 48.5 cm³/mol. The molecule has 1 aliphatic heterocycles. The van der Waals surface area contributed by atoms with Gasteiger partial charge in [0.2, 0.25) is 0 Å². The number of esters is 1. The number of carbonyl (C=O) groups excluding carboxylic acids is 1. The molecule has 1 atom stereocenters. The highest BCUT2D eigenvalue weighted by Crippen LogP contribution is 2.06. The van der Waals surface area contributed by atoms with Crippen molar-refractivity contribution in [2.75, 3.05) is 26.4 Å². The van der Waals surface area contributed by atoms with E-state index in [1.165, 1.54) is 0 Å². The largest absolute Gasteiger partial charge is 0.462 e. The molecular formula is C9H17NO3. The van der Waals surface area contributed by atoms with Crippen molar-refractivity contribution >= 4 is 5.97 Å². The molecule has 0 saturated carbocycles. The van der Waals surface area contributed by atoms with Crippen molar-refractivity contribution in [1.29, 1.82) is 0 Å². The van der Waals surface area contributed by atoms with Gasteiger partial charge in [0, 0.05) is 6.61 Å². The molecule has 0 spiro atoms. The zero-order chi connectivity index (χ0) is 9.52. The molecule has 4 heteroatoms. The van der Waals surface area contributed by atoms with Crippen LogP contribution < -0.4 is 5.32 Å². The number of ether oxygens (including phenoxy) is 2. The van der Waals surface area contributed by atoms with Crippen LogP contribution in [0.5, 0.6) is 0 Å². The van der Waals surface area contributed by atoms with Crippen LogP contribution in [0.1, 0.15) is 19.8 Å². The number of rotatable bonds is 5. The molecule has 1 aliphatic rings. The first kappa shape index (κ1) is 10.5. The van der Waals surface area contributed by atoms with Crippen molar-refractivity contribution in [1.82, 2.24) is 5.32 Å². The minimum Gasteiger partial charge on any atom is -0.462 e. The van der Waals surface area contributed by atoms with Gasteiger partial charge in [-0.05, 0) is 26.3 Å². The highest BCUT2D eigenvalue weighted by atomic mass is 16.6. The molecule has 1 heterocycles. The zero-order valence-corrected chi connectivity index (χ0v) is 8.04. The predicted octanol–water partition coefficient (Wildman–Crippen LogP) is 0.318. The van der Waals surface area contributed by atoms with E-state index in [4.69, 9.17) is 9.47 Å². The molecule has 1 N–H and O–H groups in total. The summed E-state index contributed by atoms with van der Waals surface area (Å²) in [4.78, 5) is 11.3. The Morgan fingerprint density at radius 1 is 1.54 bits per heavy atom. The van der Waals surface area contributed by atoms with E-state index < -0.39 is 0 Å². The van der Waals surface area contributed by atoms with Crippen molar-refractivity contribution in [3.8, 4) is 0 Å².